The lowest BCUT2D eigenvalue weighted by molar-refractivity contribution is -0.134. The first-order valence-corrected chi connectivity index (χ1v) is 8.66. The third kappa shape index (κ3) is 4.94. The number of aromatic nitrogens is 1. The van der Waals surface area contributed by atoms with Crippen molar-refractivity contribution in [2.24, 2.45) is 11.8 Å². The van der Waals surface area contributed by atoms with Crippen LogP contribution in [-0.2, 0) is 9.59 Å². The van der Waals surface area contributed by atoms with Crippen LogP contribution in [0.4, 0.5) is 11.5 Å². The lowest BCUT2D eigenvalue weighted by atomic mass is 10.1. The van der Waals surface area contributed by atoms with Crippen molar-refractivity contribution in [1.82, 2.24) is 9.88 Å². The molecule has 0 aromatic carbocycles. The van der Waals surface area contributed by atoms with Crippen LogP contribution >= 0.6 is 0 Å². The van der Waals surface area contributed by atoms with Crippen molar-refractivity contribution in [3.8, 4) is 0 Å². The maximum absolute atomic E-state index is 12.0. The van der Waals surface area contributed by atoms with Gasteiger partial charge in [-0.05, 0) is 18.1 Å². The van der Waals surface area contributed by atoms with Gasteiger partial charge in [0.2, 0.25) is 11.8 Å². The van der Waals surface area contributed by atoms with E-state index >= 15 is 0 Å². The van der Waals surface area contributed by atoms with E-state index in [4.69, 9.17) is 0 Å². The fourth-order valence-electron chi connectivity index (χ4n) is 2.75. The Morgan fingerprint density at radius 2 is 1.79 bits per heavy atom. The molecule has 0 saturated carbocycles. The molecule has 0 atom stereocenters. The van der Waals surface area contributed by atoms with Crippen LogP contribution in [0.15, 0.2) is 18.3 Å². The highest BCUT2D eigenvalue weighted by Crippen LogP contribution is 2.17. The predicted octanol–water partition coefficient (Wildman–Crippen LogP) is 2.37. The maximum Gasteiger partial charge on any atom is 0.225 e. The molecule has 24 heavy (non-hydrogen) atoms. The molecule has 0 spiro atoms. The van der Waals surface area contributed by atoms with Crippen LogP contribution in [0.2, 0.25) is 0 Å². The molecule has 1 N–H and O–H groups in total. The highest BCUT2D eigenvalue weighted by molar-refractivity contribution is 5.90. The van der Waals surface area contributed by atoms with Gasteiger partial charge in [-0.25, -0.2) is 4.98 Å². The van der Waals surface area contributed by atoms with Crippen molar-refractivity contribution in [2.45, 2.75) is 34.1 Å². The first-order chi connectivity index (χ1) is 11.4. The van der Waals surface area contributed by atoms with Crippen molar-refractivity contribution in [3.05, 3.63) is 18.3 Å². The summed E-state index contributed by atoms with van der Waals surface area (Å²) in [6, 6.07) is 3.80. The molecule has 1 aromatic heterocycles. The summed E-state index contributed by atoms with van der Waals surface area (Å²) in [5.41, 5.74) is 0.720. The normalized spacial score (nSPS) is 15.1. The number of carbonyl (C=O) groups is 2. The largest absolute Gasteiger partial charge is 0.353 e. The Bertz CT molecular complexity index is 561. The molecular formula is C18H28N4O2. The molecule has 2 rings (SSSR count). The van der Waals surface area contributed by atoms with Crippen LogP contribution in [0, 0.1) is 11.8 Å². The van der Waals surface area contributed by atoms with Crippen molar-refractivity contribution >= 4 is 23.3 Å². The molecule has 2 heterocycles. The summed E-state index contributed by atoms with van der Waals surface area (Å²) in [5.74, 6) is 1.49. The fourth-order valence-corrected chi connectivity index (χ4v) is 2.75. The second-order valence-electron chi connectivity index (χ2n) is 7.02. The SMILES string of the molecule is CC(C)CC(=O)Nc1ccc(N2CCN(C(=O)C(C)C)CC2)nc1. The van der Waals surface area contributed by atoms with E-state index in [1.807, 2.05) is 44.7 Å². The van der Waals surface area contributed by atoms with Gasteiger partial charge < -0.3 is 15.1 Å². The highest BCUT2D eigenvalue weighted by Gasteiger charge is 2.23. The average molecular weight is 332 g/mol. The third-order valence-electron chi connectivity index (χ3n) is 4.03. The van der Waals surface area contributed by atoms with Crippen LogP contribution in [0.3, 0.4) is 0 Å². The summed E-state index contributed by atoms with van der Waals surface area (Å²) >= 11 is 0. The van der Waals surface area contributed by atoms with Crippen molar-refractivity contribution in [1.29, 1.82) is 0 Å². The van der Waals surface area contributed by atoms with Crippen molar-refractivity contribution < 1.29 is 9.59 Å². The lowest BCUT2D eigenvalue weighted by Crippen LogP contribution is -2.50. The van der Waals surface area contributed by atoms with E-state index in [1.165, 1.54) is 0 Å². The van der Waals surface area contributed by atoms with Crippen LogP contribution in [0.25, 0.3) is 0 Å². The lowest BCUT2D eigenvalue weighted by Gasteiger charge is -2.36. The third-order valence-corrected chi connectivity index (χ3v) is 4.03. The molecule has 1 saturated heterocycles. The van der Waals surface area contributed by atoms with E-state index in [0.717, 1.165) is 37.7 Å². The zero-order chi connectivity index (χ0) is 17.7. The van der Waals surface area contributed by atoms with Gasteiger partial charge in [-0.2, -0.15) is 0 Å². The van der Waals surface area contributed by atoms with Gasteiger partial charge in [0.15, 0.2) is 0 Å². The Kier molecular flexibility index (Phi) is 6.17. The van der Waals surface area contributed by atoms with E-state index in [-0.39, 0.29) is 17.7 Å². The monoisotopic (exact) mass is 332 g/mol. The van der Waals surface area contributed by atoms with E-state index in [0.29, 0.717) is 12.3 Å². The second-order valence-corrected chi connectivity index (χ2v) is 7.02. The number of carbonyl (C=O) groups excluding carboxylic acids is 2. The summed E-state index contributed by atoms with van der Waals surface area (Å²) in [7, 11) is 0. The van der Waals surface area contributed by atoms with E-state index < -0.39 is 0 Å². The number of piperazine rings is 1. The number of hydrogen-bond donors (Lipinski definition) is 1. The zero-order valence-electron chi connectivity index (χ0n) is 15.1. The smallest absolute Gasteiger partial charge is 0.225 e. The number of anilines is 2. The molecular weight excluding hydrogens is 304 g/mol. The molecule has 0 bridgehead atoms. The summed E-state index contributed by atoms with van der Waals surface area (Å²) in [6.45, 7) is 10.9. The zero-order valence-corrected chi connectivity index (χ0v) is 15.1. The second kappa shape index (κ2) is 8.13. The van der Waals surface area contributed by atoms with Crippen LogP contribution < -0.4 is 10.2 Å². The van der Waals surface area contributed by atoms with Gasteiger partial charge in [0.1, 0.15) is 5.82 Å². The number of amides is 2. The van der Waals surface area contributed by atoms with Crippen LogP contribution in [0.5, 0.6) is 0 Å². The maximum atomic E-state index is 12.0. The Morgan fingerprint density at radius 3 is 2.29 bits per heavy atom. The van der Waals surface area contributed by atoms with Gasteiger partial charge in [-0.1, -0.05) is 27.7 Å². The number of rotatable bonds is 5. The molecule has 0 aliphatic carbocycles. The van der Waals surface area contributed by atoms with E-state index in [2.05, 4.69) is 15.2 Å². The minimum atomic E-state index is 0.0142. The van der Waals surface area contributed by atoms with Gasteiger partial charge in [0.05, 0.1) is 11.9 Å². The number of hydrogen-bond acceptors (Lipinski definition) is 4. The van der Waals surface area contributed by atoms with Crippen LogP contribution in [-0.4, -0.2) is 47.9 Å². The molecule has 132 valence electrons. The first-order valence-electron chi connectivity index (χ1n) is 8.66. The molecule has 1 fully saturated rings. The Labute approximate surface area is 144 Å². The van der Waals surface area contributed by atoms with Crippen LogP contribution in [0.1, 0.15) is 34.1 Å². The molecule has 2 amide bonds. The predicted molar refractivity (Wildman–Crippen MR) is 96.0 cm³/mol. The highest BCUT2D eigenvalue weighted by atomic mass is 16.2. The molecule has 1 aliphatic rings. The van der Waals surface area contributed by atoms with Gasteiger partial charge in [-0.3, -0.25) is 9.59 Å². The van der Waals surface area contributed by atoms with Gasteiger partial charge in [-0.15, -0.1) is 0 Å². The minimum absolute atomic E-state index is 0.0142. The summed E-state index contributed by atoms with van der Waals surface area (Å²) < 4.78 is 0. The molecule has 6 heteroatoms. The van der Waals surface area contributed by atoms with Gasteiger partial charge in [0, 0.05) is 38.5 Å². The molecule has 1 aliphatic heterocycles. The summed E-state index contributed by atoms with van der Waals surface area (Å²) in [6.07, 6.45) is 2.20. The number of nitrogens with one attached hydrogen (secondary N) is 1. The van der Waals surface area contributed by atoms with Crippen molar-refractivity contribution in [2.75, 3.05) is 36.4 Å². The standard InChI is InChI=1S/C18H28N4O2/c1-13(2)11-17(23)20-15-5-6-16(19-12-15)21-7-9-22(10-8-21)18(24)14(3)4/h5-6,12-14H,7-11H2,1-4H3,(H,20,23). The summed E-state index contributed by atoms with van der Waals surface area (Å²) in [4.78, 5) is 32.3. The average Bonchev–Trinajstić information content (AvgIpc) is 2.54. The fraction of sp³-hybridized carbons (Fsp3) is 0.611. The molecule has 6 nitrogen and oxygen atoms in total. The van der Waals surface area contributed by atoms with E-state index in [1.54, 1.807) is 6.20 Å². The molecule has 0 unspecified atom stereocenters. The molecule has 0 radical (unpaired) electrons. The summed E-state index contributed by atoms with van der Waals surface area (Å²) in [5, 5.41) is 2.86. The van der Waals surface area contributed by atoms with Crippen molar-refractivity contribution in [3.63, 3.8) is 0 Å². The first kappa shape index (κ1) is 18.2. The van der Waals surface area contributed by atoms with E-state index in [9.17, 15) is 9.59 Å². The minimum Gasteiger partial charge on any atom is -0.353 e. The Balaban J connectivity index is 1.88. The Hall–Kier alpha value is -2.11. The number of nitrogens with zero attached hydrogens (tertiary/aromatic N) is 3. The molecule has 1 aromatic rings. The van der Waals surface area contributed by atoms with Gasteiger partial charge >= 0.3 is 0 Å². The van der Waals surface area contributed by atoms with Gasteiger partial charge in [0.25, 0.3) is 0 Å². The number of pyridine rings is 1. The Morgan fingerprint density at radius 1 is 1.12 bits per heavy atom. The topological polar surface area (TPSA) is 65.5 Å². The quantitative estimate of drug-likeness (QED) is 0.899.